The molecule has 1 fully saturated rings. The van der Waals surface area contributed by atoms with E-state index in [4.69, 9.17) is 4.74 Å². The molecule has 1 aromatic heterocycles. The van der Waals surface area contributed by atoms with Crippen molar-refractivity contribution in [3.05, 3.63) is 17.8 Å². The van der Waals surface area contributed by atoms with Gasteiger partial charge in [-0.15, -0.1) is 0 Å². The number of nitrogens with zero attached hydrogens (tertiary/aromatic N) is 2. The Hall–Kier alpha value is -1.55. The van der Waals surface area contributed by atoms with E-state index >= 15 is 0 Å². The molecule has 2 aliphatic heterocycles. The van der Waals surface area contributed by atoms with Crippen molar-refractivity contribution in [1.29, 1.82) is 0 Å². The second kappa shape index (κ2) is 4.98. The molecule has 2 atom stereocenters. The molecular weight excluding hydrogens is 325 g/mol. The molecule has 10 heteroatoms. The van der Waals surface area contributed by atoms with E-state index in [-0.39, 0.29) is 25.6 Å². The summed E-state index contributed by atoms with van der Waals surface area (Å²) < 4.78 is 69.3. The molecule has 1 unspecified atom stereocenters. The van der Waals surface area contributed by atoms with Gasteiger partial charge < -0.3 is 9.64 Å². The van der Waals surface area contributed by atoms with Crippen molar-refractivity contribution < 1.29 is 30.5 Å². The Bertz CT molecular complexity index is 692. The van der Waals surface area contributed by atoms with Gasteiger partial charge in [0, 0.05) is 19.2 Å². The van der Waals surface area contributed by atoms with Gasteiger partial charge in [-0.2, -0.15) is 21.6 Å². The van der Waals surface area contributed by atoms with Crippen LogP contribution in [0.25, 0.3) is 0 Å². The Morgan fingerprint density at radius 2 is 2.18 bits per heavy atom. The number of aromatic nitrogens is 1. The Morgan fingerprint density at radius 1 is 1.45 bits per heavy atom. The van der Waals surface area contributed by atoms with E-state index in [2.05, 4.69) is 9.17 Å². The molecule has 0 spiro atoms. The Morgan fingerprint density at radius 3 is 2.86 bits per heavy atom. The van der Waals surface area contributed by atoms with Crippen molar-refractivity contribution >= 4 is 15.9 Å². The molecular formula is C12H13F3N2O4S. The molecule has 0 N–H and O–H groups in total. The highest BCUT2D eigenvalue weighted by Crippen LogP contribution is 2.39. The number of hydrogen-bond donors (Lipinski definition) is 0. The third-order valence-electron chi connectivity index (χ3n) is 3.70. The molecule has 0 amide bonds. The van der Waals surface area contributed by atoms with Crippen molar-refractivity contribution in [2.45, 2.75) is 31.0 Å². The van der Waals surface area contributed by atoms with Crippen LogP contribution in [0.1, 0.15) is 12.0 Å². The van der Waals surface area contributed by atoms with E-state index < -0.39 is 21.7 Å². The van der Waals surface area contributed by atoms with Gasteiger partial charge >= 0.3 is 15.6 Å². The second-order valence-electron chi connectivity index (χ2n) is 5.25. The van der Waals surface area contributed by atoms with E-state index in [1.165, 1.54) is 0 Å². The molecule has 3 rings (SSSR count). The first-order valence-electron chi connectivity index (χ1n) is 6.53. The van der Waals surface area contributed by atoms with Gasteiger partial charge in [0.25, 0.3) is 0 Å². The fourth-order valence-electron chi connectivity index (χ4n) is 2.69. The summed E-state index contributed by atoms with van der Waals surface area (Å²) in [6.07, 6.45) is 0.624. The number of pyridine rings is 1. The predicted octanol–water partition coefficient (Wildman–Crippen LogP) is 1.60. The number of anilines is 1. The topological polar surface area (TPSA) is 68.7 Å². The monoisotopic (exact) mass is 338 g/mol. The van der Waals surface area contributed by atoms with Crippen molar-refractivity contribution in [2.75, 3.05) is 18.1 Å². The number of hydrogen-bond acceptors (Lipinski definition) is 6. The molecule has 1 saturated heterocycles. The van der Waals surface area contributed by atoms with Crippen LogP contribution >= 0.6 is 0 Å². The van der Waals surface area contributed by atoms with Crippen LogP contribution in [-0.2, 0) is 14.3 Å². The van der Waals surface area contributed by atoms with E-state index in [1.54, 1.807) is 17.2 Å². The summed E-state index contributed by atoms with van der Waals surface area (Å²) in [7, 11) is -5.60. The smallest absolute Gasteiger partial charge is 0.487 e. The largest absolute Gasteiger partial charge is 0.523 e. The van der Waals surface area contributed by atoms with Gasteiger partial charge in [0.1, 0.15) is 6.61 Å². The van der Waals surface area contributed by atoms with E-state index in [9.17, 15) is 21.6 Å². The fourth-order valence-corrected chi connectivity index (χ4v) is 3.29. The number of fused-ring (bicyclic) bond motifs is 3. The Balaban J connectivity index is 1.81. The van der Waals surface area contributed by atoms with Gasteiger partial charge in [0.2, 0.25) is 0 Å². The zero-order chi connectivity index (χ0) is 16.1. The van der Waals surface area contributed by atoms with Crippen LogP contribution in [0.4, 0.5) is 19.0 Å². The quantitative estimate of drug-likeness (QED) is 0.603. The summed E-state index contributed by atoms with van der Waals surface area (Å²) in [5.74, 6) is 1.07. The summed E-state index contributed by atoms with van der Waals surface area (Å²) in [6.45, 7) is 2.11. The van der Waals surface area contributed by atoms with Crippen LogP contribution in [0, 0.1) is 6.92 Å². The van der Waals surface area contributed by atoms with Gasteiger partial charge in [0.15, 0.2) is 11.6 Å². The summed E-state index contributed by atoms with van der Waals surface area (Å²) >= 11 is 0. The van der Waals surface area contributed by atoms with Crippen molar-refractivity contribution in [3.63, 3.8) is 0 Å². The lowest BCUT2D eigenvalue weighted by Gasteiger charge is -2.32. The first-order valence-corrected chi connectivity index (χ1v) is 7.94. The molecule has 0 saturated carbocycles. The average Bonchev–Trinajstić information content (AvgIpc) is 2.79. The molecule has 122 valence electrons. The highest BCUT2D eigenvalue weighted by Gasteiger charge is 2.50. The zero-order valence-corrected chi connectivity index (χ0v) is 12.3. The number of halogens is 3. The highest BCUT2D eigenvalue weighted by molar-refractivity contribution is 7.87. The number of rotatable bonds is 2. The maximum absolute atomic E-state index is 12.4. The molecule has 0 aromatic carbocycles. The molecule has 0 radical (unpaired) electrons. The van der Waals surface area contributed by atoms with Crippen LogP contribution in [0.2, 0.25) is 0 Å². The SMILES string of the molecule is Cc1ccnc2c1OCC1C[C@@H](OS(=O)(=O)C(F)(F)F)CN21. The van der Waals surface area contributed by atoms with Crippen LogP contribution < -0.4 is 9.64 Å². The minimum Gasteiger partial charge on any atom is -0.487 e. The van der Waals surface area contributed by atoms with Gasteiger partial charge in [-0.3, -0.25) is 4.18 Å². The Kier molecular flexibility index (Phi) is 3.48. The lowest BCUT2D eigenvalue weighted by atomic mass is 10.1. The lowest BCUT2D eigenvalue weighted by molar-refractivity contribution is -0.0567. The van der Waals surface area contributed by atoms with Crippen molar-refractivity contribution in [2.24, 2.45) is 0 Å². The molecule has 1 aromatic rings. The summed E-state index contributed by atoms with van der Waals surface area (Å²) in [4.78, 5) is 5.91. The van der Waals surface area contributed by atoms with Crippen molar-refractivity contribution in [3.8, 4) is 5.75 Å². The third kappa shape index (κ3) is 2.50. The number of alkyl halides is 3. The molecule has 3 heterocycles. The standard InChI is InChI=1S/C12H13F3N2O4S/c1-7-2-3-16-11-10(7)20-6-8-4-9(5-17(8)11)21-22(18,19)12(13,14)15/h2-3,8-9H,4-6H2,1H3/t8?,9-/m1/s1. The maximum Gasteiger partial charge on any atom is 0.523 e. The molecule has 2 aliphatic rings. The van der Waals surface area contributed by atoms with Gasteiger partial charge in [0.05, 0.1) is 12.1 Å². The second-order valence-corrected chi connectivity index (χ2v) is 6.82. The minimum atomic E-state index is -5.60. The van der Waals surface area contributed by atoms with E-state index in [0.717, 1.165) is 5.56 Å². The summed E-state index contributed by atoms with van der Waals surface area (Å²) in [5.41, 5.74) is -4.56. The molecule has 0 bridgehead atoms. The van der Waals surface area contributed by atoms with Crippen LogP contribution in [0.15, 0.2) is 12.3 Å². The van der Waals surface area contributed by atoms with Crippen LogP contribution in [0.3, 0.4) is 0 Å². The molecule has 0 aliphatic carbocycles. The number of aryl methyl sites for hydroxylation is 1. The van der Waals surface area contributed by atoms with E-state index in [0.29, 0.717) is 11.6 Å². The molecule has 22 heavy (non-hydrogen) atoms. The summed E-state index contributed by atoms with van der Waals surface area (Å²) in [6, 6.07) is 1.51. The zero-order valence-electron chi connectivity index (χ0n) is 11.5. The normalized spacial score (nSPS) is 24.6. The highest BCUT2D eigenvalue weighted by atomic mass is 32.2. The Labute approximate surface area is 125 Å². The fraction of sp³-hybridized carbons (Fsp3) is 0.583. The lowest BCUT2D eigenvalue weighted by Crippen LogP contribution is -2.39. The van der Waals surface area contributed by atoms with Crippen LogP contribution in [-0.4, -0.2) is 44.2 Å². The maximum atomic E-state index is 12.4. The summed E-state index contributed by atoms with van der Waals surface area (Å²) in [5, 5.41) is 0. The van der Waals surface area contributed by atoms with Crippen molar-refractivity contribution in [1.82, 2.24) is 4.98 Å². The van der Waals surface area contributed by atoms with E-state index in [1.807, 2.05) is 6.92 Å². The average molecular weight is 338 g/mol. The first kappa shape index (κ1) is 15.3. The third-order valence-corrected chi connectivity index (χ3v) is 4.79. The first-order chi connectivity index (χ1) is 10.2. The predicted molar refractivity (Wildman–Crippen MR) is 70.1 cm³/mol. The van der Waals surface area contributed by atoms with Gasteiger partial charge in [-0.25, -0.2) is 4.98 Å². The van der Waals surface area contributed by atoms with Gasteiger partial charge in [-0.05, 0) is 18.6 Å². The molecule has 6 nitrogen and oxygen atoms in total. The number of ether oxygens (including phenoxy) is 1. The minimum absolute atomic E-state index is 0.0206. The van der Waals surface area contributed by atoms with Gasteiger partial charge in [-0.1, -0.05) is 0 Å². The van der Waals surface area contributed by atoms with Crippen LogP contribution in [0.5, 0.6) is 5.75 Å².